The molecule has 1 aromatic rings. The minimum Gasteiger partial charge on any atom is -0.481 e. The molecule has 56 valence electrons. The molecular formula is C6H7BrO2S. The number of halogens is 1. The summed E-state index contributed by atoms with van der Waals surface area (Å²) in [5.41, 5.74) is 0. The molecule has 1 aromatic heterocycles. The molecule has 0 aliphatic rings. The average Bonchev–Trinajstić information content (AvgIpc) is 2.43. The van der Waals surface area contributed by atoms with E-state index in [2.05, 4.69) is 15.9 Å². The molecule has 0 aromatic carbocycles. The molecule has 1 heterocycles. The molecule has 0 aliphatic heterocycles. The van der Waals surface area contributed by atoms with E-state index < -0.39 is 5.97 Å². The van der Waals surface area contributed by atoms with Gasteiger partial charge in [0.05, 0.1) is 0 Å². The topological polar surface area (TPSA) is 37.3 Å². The quantitative estimate of drug-likeness (QED) is 0.741. The summed E-state index contributed by atoms with van der Waals surface area (Å²) in [5.74, 6) is -0.829. The third-order valence-electron chi connectivity index (χ3n) is 0.540. The molecule has 0 atom stereocenters. The molecule has 0 amide bonds. The molecule has 4 heteroatoms. The first-order valence-electron chi connectivity index (χ1n) is 2.52. The fourth-order valence-corrected chi connectivity index (χ4v) is 0.680. The van der Waals surface area contributed by atoms with Crippen molar-refractivity contribution in [3.05, 3.63) is 22.9 Å². The molecule has 0 aliphatic carbocycles. The maximum Gasteiger partial charge on any atom is 0.314 e. The molecule has 2 nitrogen and oxygen atoms in total. The minimum atomic E-state index is -0.829. The van der Waals surface area contributed by atoms with Gasteiger partial charge in [0.25, 0.3) is 0 Å². The summed E-state index contributed by atoms with van der Waals surface area (Å²) in [6.45, 7) is 0. The van der Waals surface area contributed by atoms with Gasteiger partial charge in [0.15, 0.2) is 0 Å². The van der Waals surface area contributed by atoms with E-state index in [0.29, 0.717) is 0 Å². The number of carbonyl (C=O) groups is 1. The van der Waals surface area contributed by atoms with Crippen molar-refractivity contribution < 1.29 is 9.90 Å². The lowest BCUT2D eigenvalue weighted by atomic mass is 10.7. The van der Waals surface area contributed by atoms with Crippen LogP contribution in [0.4, 0.5) is 0 Å². The van der Waals surface area contributed by atoms with E-state index in [0.717, 1.165) is 0 Å². The van der Waals surface area contributed by atoms with E-state index in [1.54, 1.807) is 11.3 Å². The predicted octanol–water partition coefficient (Wildman–Crippen LogP) is 2.21. The van der Waals surface area contributed by atoms with Gasteiger partial charge < -0.3 is 5.11 Å². The standard InChI is InChI=1S/C4H4S.C2H3BrO2/c1-2-4-5-3-1;3-1-2(4)5/h1-4H;1H2,(H,4,5). The maximum absolute atomic E-state index is 9.32. The number of rotatable bonds is 1. The van der Waals surface area contributed by atoms with Crippen molar-refractivity contribution in [3.63, 3.8) is 0 Å². The van der Waals surface area contributed by atoms with Gasteiger partial charge in [0, 0.05) is 0 Å². The highest BCUT2D eigenvalue weighted by molar-refractivity contribution is 9.09. The Kier molecular flexibility index (Phi) is 6.53. The van der Waals surface area contributed by atoms with Crippen molar-refractivity contribution in [1.82, 2.24) is 0 Å². The molecular weight excluding hydrogens is 216 g/mol. The molecule has 0 spiro atoms. The van der Waals surface area contributed by atoms with Crippen molar-refractivity contribution in [2.75, 3.05) is 5.33 Å². The van der Waals surface area contributed by atoms with E-state index in [1.807, 2.05) is 22.9 Å². The van der Waals surface area contributed by atoms with Crippen molar-refractivity contribution in [2.45, 2.75) is 0 Å². The third kappa shape index (κ3) is 7.65. The Labute approximate surface area is 71.6 Å². The summed E-state index contributed by atoms with van der Waals surface area (Å²) in [6, 6.07) is 4.04. The van der Waals surface area contributed by atoms with Crippen LogP contribution in [0.15, 0.2) is 22.9 Å². The van der Waals surface area contributed by atoms with E-state index >= 15 is 0 Å². The Bertz CT molecular complexity index is 145. The zero-order chi connectivity index (χ0) is 7.82. The molecule has 0 unspecified atom stereocenters. The van der Waals surface area contributed by atoms with Crippen LogP contribution in [0.2, 0.25) is 0 Å². The van der Waals surface area contributed by atoms with E-state index in [1.165, 1.54) is 0 Å². The summed E-state index contributed by atoms with van der Waals surface area (Å²) < 4.78 is 0. The second kappa shape index (κ2) is 6.77. The van der Waals surface area contributed by atoms with Crippen LogP contribution in [0.5, 0.6) is 0 Å². The number of alkyl halides is 1. The summed E-state index contributed by atoms with van der Waals surface area (Å²) in [4.78, 5) is 9.32. The van der Waals surface area contributed by atoms with Crippen LogP contribution < -0.4 is 0 Å². The summed E-state index contributed by atoms with van der Waals surface area (Å²) >= 11 is 4.43. The number of carboxylic acid groups (broad SMARTS) is 1. The minimum absolute atomic E-state index is 0.0347. The van der Waals surface area contributed by atoms with Crippen LogP contribution in [-0.4, -0.2) is 16.4 Å². The molecule has 0 fully saturated rings. The zero-order valence-corrected chi connectivity index (χ0v) is 7.56. The highest BCUT2D eigenvalue weighted by atomic mass is 79.9. The third-order valence-corrected chi connectivity index (χ3v) is 1.65. The van der Waals surface area contributed by atoms with E-state index in [9.17, 15) is 4.79 Å². The number of aliphatic carboxylic acids is 1. The molecule has 0 saturated heterocycles. The molecule has 1 N–H and O–H groups in total. The molecule has 0 bridgehead atoms. The Morgan fingerprint density at radius 1 is 1.50 bits per heavy atom. The van der Waals surface area contributed by atoms with Crippen LogP contribution in [0.25, 0.3) is 0 Å². The average molecular weight is 223 g/mol. The monoisotopic (exact) mass is 222 g/mol. The highest BCUT2D eigenvalue weighted by Crippen LogP contribution is 1.91. The smallest absolute Gasteiger partial charge is 0.314 e. The Balaban J connectivity index is 0.000000162. The first-order chi connectivity index (χ1) is 4.77. The number of thiophene rings is 1. The number of hydrogen-bond donors (Lipinski definition) is 1. The number of carboxylic acids is 1. The van der Waals surface area contributed by atoms with Crippen LogP contribution in [0.3, 0.4) is 0 Å². The van der Waals surface area contributed by atoms with Crippen molar-refractivity contribution in [3.8, 4) is 0 Å². The Hall–Kier alpha value is -0.350. The fraction of sp³-hybridized carbons (Fsp3) is 0.167. The lowest BCUT2D eigenvalue weighted by Crippen LogP contribution is -1.92. The SMILES string of the molecule is O=C(O)CBr.c1ccsc1. The van der Waals surface area contributed by atoms with E-state index in [-0.39, 0.29) is 5.33 Å². The Morgan fingerprint density at radius 2 is 1.90 bits per heavy atom. The lowest BCUT2D eigenvalue weighted by Gasteiger charge is -1.70. The molecule has 1 rings (SSSR count). The number of hydrogen-bond acceptors (Lipinski definition) is 2. The lowest BCUT2D eigenvalue weighted by molar-refractivity contribution is -0.133. The van der Waals surface area contributed by atoms with Gasteiger partial charge in [0.2, 0.25) is 0 Å². The van der Waals surface area contributed by atoms with E-state index in [4.69, 9.17) is 5.11 Å². The largest absolute Gasteiger partial charge is 0.481 e. The second-order valence-electron chi connectivity index (χ2n) is 1.32. The van der Waals surface area contributed by atoms with Crippen molar-refractivity contribution >= 4 is 33.2 Å². The van der Waals surface area contributed by atoms with Gasteiger partial charge in [-0.1, -0.05) is 28.1 Å². The van der Waals surface area contributed by atoms with Gasteiger partial charge in [0.1, 0.15) is 5.33 Å². The normalized spacial score (nSPS) is 7.70. The summed E-state index contributed by atoms with van der Waals surface area (Å²) in [6.07, 6.45) is 0. The molecule has 10 heavy (non-hydrogen) atoms. The first kappa shape index (κ1) is 9.65. The molecule has 0 saturated carbocycles. The van der Waals surface area contributed by atoms with Gasteiger partial charge in [-0.15, -0.1) is 0 Å². The summed E-state index contributed by atoms with van der Waals surface area (Å²) in [7, 11) is 0. The van der Waals surface area contributed by atoms with Gasteiger partial charge in [-0.2, -0.15) is 11.3 Å². The van der Waals surface area contributed by atoms with Crippen LogP contribution in [0.1, 0.15) is 0 Å². The molecule has 0 radical (unpaired) electrons. The second-order valence-corrected chi connectivity index (χ2v) is 2.70. The maximum atomic E-state index is 9.32. The Morgan fingerprint density at radius 3 is 2.00 bits per heavy atom. The van der Waals surface area contributed by atoms with Gasteiger partial charge in [-0.05, 0) is 10.8 Å². The zero-order valence-electron chi connectivity index (χ0n) is 5.16. The van der Waals surface area contributed by atoms with Crippen LogP contribution in [0, 0.1) is 0 Å². The fourth-order valence-electron chi connectivity index (χ4n) is 0.227. The van der Waals surface area contributed by atoms with Crippen LogP contribution in [-0.2, 0) is 4.79 Å². The highest BCUT2D eigenvalue weighted by Gasteiger charge is 1.83. The predicted molar refractivity (Wildman–Crippen MR) is 45.7 cm³/mol. The van der Waals surface area contributed by atoms with Crippen molar-refractivity contribution in [1.29, 1.82) is 0 Å². The van der Waals surface area contributed by atoms with Crippen LogP contribution >= 0.6 is 27.3 Å². The van der Waals surface area contributed by atoms with Gasteiger partial charge >= 0.3 is 5.97 Å². The van der Waals surface area contributed by atoms with Crippen molar-refractivity contribution in [2.24, 2.45) is 0 Å². The van der Waals surface area contributed by atoms with Gasteiger partial charge in [-0.3, -0.25) is 4.79 Å². The van der Waals surface area contributed by atoms with Gasteiger partial charge in [-0.25, -0.2) is 0 Å². The summed E-state index contributed by atoms with van der Waals surface area (Å²) in [5, 5.41) is 11.8. The first-order valence-corrected chi connectivity index (χ1v) is 4.58.